The zero-order valence-corrected chi connectivity index (χ0v) is 32.3. The van der Waals surface area contributed by atoms with Crippen molar-refractivity contribution in [2.45, 2.75) is 50.1 Å². The van der Waals surface area contributed by atoms with Gasteiger partial charge in [0.05, 0.1) is 11.1 Å². The quantitative estimate of drug-likeness (QED) is 0.0809. The Hall–Kier alpha value is -5.36. The molecule has 4 aromatic carbocycles. The number of carbonyl (C=O) groups is 2. The lowest BCUT2D eigenvalue weighted by atomic mass is 10.1. The Bertz CT molecular complexity index is 1920. The molecule has 0 bridgehead atoms. The van der Waals surface area contributed by atoms with Gasteiger partial charge < -0.3 is 18.9 Å². The minimum absolute atomic E-state index is 0.310. The van der Waals surface area contributed by atoms with E-state index in [4.69, 9.17) is 42.1 Å². The molecule has 2 aliphatic rings. The number of esters is 2. The van der Waals surface area contributed by atoms with Crippen LogP contribution in [0.4, 0.5) is 0 Å². The molecule has 4 atom stereocenters. The highest BCUT2D eigenvalue weighted by Crippen LogP contribution is 2.32. The molecular formula is C44H42Cl2N4O6. The molecule has 56 heavy (non-hydrogen) atoms. The number of halogens is 2. The molecule has 0 unspecified atom stereocenters. The van der Waals surface area contributed by atoms with E-state index >= 15 is 0 Å². The lowest BCUT2D eigenvalue weighted by Crippen LogP contribution is -2.27. The monoisotopic (exact) mass is 792 g/mol. The Balaban J connectivity index is 0.934. The minimum atomic E-state index is -0.594. The summed E-state index contributed by atoms with van der Waals surface area (Å²) in [4.78, 5) is 29.7. The van der Waals surface area contributed by atoms with Crippen molar-refractivity contribution in [3.63, 3.8) is 0 Å². The molecule has 0 spiro atoms. The van der Waals surface area contributed by atoms with Crippen molar-refractivity contribution in [2.75, 3.05) is 39.3 Å². The first kappa shape index (κ1) is 40.3. The van der Waals surface area contributed by atoms with Gasteiger partial charge in [0.1, 0.15) is 48.1 Å². The van der Waals surface area contributed by atoms with Gasteiger partial charge in [-0.15, -0.1) is 0 Å². The van der Waals surface area contributed by atoms with E-state index in [0.29, 0.717) is 84.5 Å². The van der Waals surface area contributed by atoms with Crippen molar-refractivity contribution in [2.24, 2.45) is 0 Å². The second-order valence-corrected chi connectivity index (χ2v) is 14.6. The van der Waals surface area contributed by atoms with E-state index in [2.05, 4.69) is 21.9 Å². The molecule has 0 aromatic heterocycles. The molecule has 0 radical (unpaired) electrons. The summed E-state index contributed by atoms with van der Waals surface area (Å²) in [7, 11) is 0. The first-order chi connectivity index (χ1) is 27.3. The summed E-state index contributed by atoms with van der Waals surface area (Å²) in [6.07, 6.45) is 3.61. The summed E-state index contributed by atoms with van der Waals surface area (Å²) < 4.78 is 24.0. The number of nitrogens with zero attached hydrogens (tertiary/aromatic N) is 4. The van der Waals surface area contributed by atoms with Crippen LogP contribution in [-0.4, -0.2) is 73.2 Å². The van der Waals surface area contributed by atoms with Gasteiger partial charge in [-0.25, -0.2) is 9.59 Å². The normalized spacial score (nSPS) is 18.1. The largest absolute Gasteiger partial charge is 0.484 e. The Morgan fingerprint density at radius 3 is 1.46 bits per heavy atom. The van der Waals surface area contributed by atoms with E-state index < -0.39 is 11.9 Å². The predicted octanol–water partition coefficient (Wildman–Crippen LogP) is 8.25. The summed E-state index contributed by atoms with van der Waals surface area (Å²) in [6, 6.07) is 33.9. The number of ether oxygens (including phenoxy) is 4. The van der Waals surface area contributed by atoms with Crippen LogP contribution in [0.3, 0.4) is 0 Å². The summed E-state index contributed by atoms with van der Waals surface area (Å²) >= 11 is 12.4. The maximum atomic E-state index is 12.7. The standard InChI is InChI=1S/C44H42Cl2N4O6/c45-35-13-11-33(27-47)41(25-35)55-39(31-7-3-1-4-8-31)19-23-49-21-17-37(29-49)53-43(51)15-16-44(52)54-38-18-22-50(30-38)24-20-40(32-9-5-2-6-10-32)56-42-26-36(46)14-12-34(42)28-48/h1-16,25-26,37-40H,17-24,29-30H2/b16-15+/t37-,38-,39+,40+/m0/s1. The fourth-order valence-corrected chi connectivity index (χ4v) is 7.26. The second kappa shape index (κ2) is 20.0. The van der Waals surface area contributed by atoms with Crippen LogP contribution in [0, 0.1) is 22.7 Å². The van der Waals surface area contributed by atoms with Crippen LogP contribution in [0.25, 0.3) is 0 Å². The van der Waals surface area contributed by atoms with E-state index in [-0.39, 0.29) is 24.4 Å². The van der Waals surface area contributed by atoms with Crippen LogP contribution in [-0.2, 0) is 19.1 Å². The zero-order chi connectivity index (χ0) is 39.3. The predicted molar refractivity (Wildman–Crippen MR) is 212 cm³/mol. The van der Waals surface area contributed by atoms with Gasteiger partial charge in [-0.2, -0.15) is 10.5 Å². The van der Waals surface area contributed by atoms with E-state index in [0.717, 1.165) is 36.4 Å². The molecule has 0 saturated carbocycles. The molecule has 0 aliphatic carbocycles. The molecule has 6 rings (SSSR count). The average Bonchev–Trinajstić information content (AvgIpc) is 3.86. The van der Waals surface area contributed by atoms with Gasteiger partial charge in [0, 0.05) is 86.4 Å². The average molecular weight is 794 g/mol. The van der Waals surface area contributed by atoms with Crippen LogP contribution in [0.2, 0.25) is 10.0 Å². The fraction of sp³-hybridized carbons (Fsp3) is 0.318. The third-order valence-electron chi connectivity index (χ3n) is 9.80. The third-order valence-corrected chi connectivity index (χ3v) is 10.3. The highest BCUT2D eigenvalue weighted by molar-refractivity contribution is 6.31. The maximum Gasteiger partial charge on any atom is 0.331 e. The molecule has 288 valence electrons. The van der Waals surface area contributed by atoms with Crippen LogP contribution in [0.5, 0.6) is 11.5 Å². The molecule has 0 amide bonds. The molecule has 2 saturated heterocycles. The number of hydrogen-bond acceptors (Lipinski definition) is 10. The maximum absolute atomic E-state index is 12.7. The summed E-state index contributed by atoms with van der Waals surface area (Å²) in [5.41, 5.74) is 2.78. The van der Waals surface area contributed by atoms with Gasteiger partial charge in [0.25, 0.3) is 0 Å². The molecule has 12 heteroatoms. The van der Waals surface area contributed by atoms with Crippen LogP contribution in [0.15, 0.2) is 109 Å². The van der Waals surface area contributed by atoms with Crippen molar-refractivity contribution in [1.82, 2.24) is 9.80 Å². The Morgan fingerprint density at radius 2 is 1.07 bits per heavy atom. The number of carbonyl (C=O) groups excluding carboxylic acids is 2. The number of hydrogen-bond donors (Lipinski definition) is 0. The van der Waals surface area contributed by atoms with E-state index in [1.54, 1.807) is 36.4 Å². The molecule has 2 aliphatic heterocycles. The Morgan fingerprint density at radius 1 is 0.661 bits per heavy atom. The van der Waals surface area contributed by atoms with Gasteiger partial charge >= 0.3 is 11.9 Å². The summed E-state index contributed by atoms with van der Waals surface area (Å²) in [5, 5.41) is 20.1. The van der Waals surface area contributed by atoms with Crippen LogP contribution < -0.4 is 9.47 Å². The second-order valence-electron chi connectivity index (χ2n) is 13.7. The van der Waals surface area contributed by atoms with E-state index in [1.165, 1.54) is 0 Å². The highest BCUT2D eigenvalue weighted by Gasteiger charge is 2.28. The van der Waals surface area contributed by atoms with Crippen molar-refractivity contribution >= 4 is 35.1 Å². The minimum Gasteiger partial charge on any atom is -0.484 e. The zero-order valence-electron chi connectivity index (χ0n) is 30.8. The number of likely N-dealkylation sites (tertiary alicyclic amines) is 2. The van der Waals surface area contributed by atoms with Gasteiger partial charge in [-0.3, -0.25) is 9.80 Å². The molecule has 2 heterocycles. The topological polar surface area (TPSA) is 125 Å². The summed E-state index contributed by atoms with van der Waals surface area (Å²) in [6.45, 7) is 3.95. The van der Waals surface area contributed by atoms with Crippen molar-refractivity contribution in [3.8, 4) is 23.6 Å². The molecular weight excluding hydrogens is 751 g/mol. The molecule has 2 fully saturated rings. The van der Waals surface area contributed by atoms with Gasteiger partial charge in [0.15, 0.2) is 0 Å². The van der Waals surface area contributed by atoms with Crippen molar-refractivity contribution in [1.29, 1.82) is 10.5 Å². The number of benzene rings is 4. The van der Waals surface area contributed by atoms with Gasteiger partial charge in [-0.05, 0) is 48.2 Å². The molecule has 10 nitrogen and oxygen atoms in total. The van der Waals surface area contributed by atoms with Gasteiger partial charge in [-0.1, -0.05) is 83.9 Å². The fourth-order valence-electron chi connectivity index (χ4n) is 6.94. The first-order valence-electron chi connectivity index (χ1n) is 18.6. The highest BCUT2D eigenvalue weighted by atomic mass is 35.5. The Kier molecular flexibility index (Phi) is 14.4. The smallest absolute Gasteiger partial charge is 0.331 e. The number of rotatable bonds is 16. The first-order valence-corrected chi connectivity index (χ1v) is 19.4. The van der Waals surface area contributed by atoms with Crippen molar-refractivity contribution < 1.29 is 28.5 Å². The lowest BCUT2D eigenvalue weighted by molar-refractivity contribution is -0.145. The number of nitriles is 2. The van der Waals surface area contributed by atoms with E-state index in [1.807, 2.05) is 60.7 Å². The lowest BCUT2D eigenvalue weighted by Gasteiger charge is -2.23. The van der Waals surface area contributed by atoms with Crippen LogP contribution in [0.1, 0.15) is 60.1 Å². The SMILES string of the molecule is N#Cc1ccc(Cl)cc1O[C@H](CCN1CC[C@H](OC(=O)/C=C/C(=O)O[C@H]2CCN(CC[C@@H](Oc3cc(Cl)ccc3C#N)c3ccccc3)C2)C1)c1ccccc1. The molecule has 4 aromatic rings. The van der Waals surface area contributed by atoms with Crippen molar-refractivity contribution in [3.05, 3.63) is 142 Å². The van der Waals surface area contributed by atoms with E-state index in [9.17, 15) is 20.1 Å². The van der Waals surface area contributed by atoms with Crippen LogP contribution >= 0.6 is 23.2 Å². The Labute approximate surface area is 337 Å². The third kappa shape index (κ3) is 11.6. The summed E-state index contributed by atoms with van der Waals surface area (Å²) in [5.74, 6) is -0.323. The molecule has 0 N–H and O–H groups in total. The van der Waals surface area contributed by atoms with Gasteiger partial charge in [0.2, 0.25) is 0 Å².